The zero-order valence-electron chi connectivity index (χ0n) is 12.1. The number of carboxylic acids is 1. The summed E-state index contributed by atoms with van der Waals surface area (Å²) in [6, 6.07) is 13.0. The molecule has 4 nitrogen and oxygen atoms in total. The first-order chi connectivity index (χ1) is 10.2. The minimum atomic E-state index is -1.02. The van der Waals surface area contributed by atoms with Crippen LogP contribution in [0.25, 0.3) is 0 Å². The molecule has 0 aliphatic carbocycles. The van der Waals surface area contributed by atoms with Crippen LogP contribution in [0.5, 0.6) is 5.88 Å². The van der Waals surface area contributed by atoms with Crippen molar-refractivity contribution in [2.45, 2.75) is 32.8 Å². The van der Waals surface area contributed by atoms with Gasteiger partial charge < -0.3 is 9.84 Å². The molecule has 0 saturated carbocycles. The van der Waals surface area contributed by atoms with Gasteiger partial charge in [0.05, 0.1) is 0 Å². The van der Waals surface area contributed by atoms with Gasteiger partial charge in [0.2, 0.25) is 5.88 Å². The fraction of sp³-hybridized carbons (Fsp3) is 0.294. The number of hydrogen-bond acceptors (Lipinski definition) is 3. The van der Waals surface area contributed by atoms with Gasteiger partial charge in [-0.1, -0.05) is 43.7 Å². The van der Waals surface area contributed by atoms with E-state index >= 15 is 0 Å². The number of aromatic nitrogens is 1. The molecule has 21 heavy (non-hydrogen) atoms. The molecule has 0 saturated heterocycles. The number of pyridine rings is 1. The van der Waals surface area contributed by atoms with Gasteiger partial charge in [0.1, 0.15) is 12.2 Å². The first-order valence-corrected chi connectivity index (χ1v) is 7.10. The van der Waals surface area contributed by atoms with Gasteiger partial charge in [-0.15, -0.1) is 0 Å². The molecule has 1 heterocycles. The maximum absolute atomic E-state index is 11.2. The standard InChI is InChI=1S/C17H19NO3/c1-2-3-9-14-10-11-15(17(19)20)16(18-14)21-12-13-7-5-4-6-8-13/h4-8,10-11H,2-3,9,12H2,1H3,(H,19,20). The monoisotopic (exact) mass is 285 g/mol. The second-order valence-corrected chi connectivity index (χ2v) is 4.84. The summed E-state index contributed by atoms with van der Waals surface area (Å²) < 4.78 is 5.61. The molecule has 110 valence electrons. The van der Waals surface area contributed by atoms with E-state index in [4.69, 9.17) is 4.74 Å². The van der Waals surface area contributed by atoms with Crippen molar-refractivity contribution in [1.82, 2.24) is 4.98 Å². The maximum Gasteiger partial charge on any atom is 0.341 e. The molecule has 0 radical (unpaired) electrons. The third kappa shape index (κ3) is 4.31. The summed E-state index contributed by atoms with van der Waals surface area (Å²) in [4.78, 5) is 15.6. The fourth-order valence-corrected chi connectivity index (χ4v) is 1.97. The molecule has 0 spiro atoms. The first-order valence-electron chi connectivity index (χ1n) is 7.10. The summed E-state index contributed by atoms with van der Waals surface area (Å²) in [5, 5.41) is 9.21. The van der Waals surface area contributed by atoms with Crippen LogP contribution in [0.1, 0.15) is 41.4 Å². The fourth-order valence-electron chi connectivity index (χ4n) is 1.97. The largest absolute Gasteiger partial charge is 0.477 e. The lowest BCUT2D eigenvalue weighted by molar-refractivity contribution is 0.0690. The van der Waals surface area contributed by atoms with Crippen LogP contribution in [0.15, 0.2) is 42.5 Å². The number of benzene rings is 1. The van der Waals surface area contributed by atoms with Gasteiger partial charge >= 0.3 is 5.97 Å². The zero-order chi connectivity index (χ0) is 15.1. The van der Waals surface area contributed by atoms with Crippen LogP contribution in [0.2, 0.25) is 0 Å². The van der Waals surface area contributed by atoms with Crippen molar-refractivity contribution in [3.05, 3.63) is 59.3 Å². The van der Waals surface area contributed by atoms with Crippen LogP contribution in [0.4, 0.5) is 0 Å². The zero-order valence-corrected chi connectivity index (χ0v) is 12.1. The summed E-state index contributed by atoms with van der Waals surface area (Å²) in [6.45, 7) is 2.42. The van der Waals surface area contributed by atoms with E-state index in [2.05, 4.69) is 11.9 Å². The van der Waals surface area contributed by atoms with Crippen molar-refractivity contribution in [2.75, 3.05) is 0 Å². The molecule has 1 aromatic carbocycles. The average molecular weight is 285 g/mol. The van der Waals surface area contributed by atoms with E-state index < -0.39 is 5.97 Å². The van der Waals surface area contributed by atoms with E-state index in [0.29, 0.717) is 6.61 Å². The Morgan fingerprint density at radius 2 is 1.95 bits per heavy atom. The Morgan fingerprint density at radius 1 is 1.19 bits per heavy atom. The molecule has 4 heteroatoms. The van der Waals surface area contributed by atoms with Gasteiger partial charge in [-0.2, -0.15) is 0 Å². The van der Waals surface area contributed by atoms with Crippen LogP contribution in [-0.2, 0) is 13.0 Å². The highest BCUT2D eigenvalue weighted by Gasteiger charge is 2.14. The van der Waals surface area contributed by atoms with Crippen molar-refractivity contribution in [1.29, 1.82) is 0 Å². The molecule has 0 unspecified atom stereocenters. The van der Waals surface area contributed by atoms with E-state index in [1.165, 1.54) is 0 Å². The summed E-state index contributed by atoms with van der Waals surface area (Å²) >= 11 is 0. The topological polar surface area (TPSA) is 59.4 Å². The summed E-state index contributed by atoms with van der Waals surface area (Å²) in [5.41, 5.74) is 1.95. The van der Waals surface area contributed by atoms with Crippen molar-refractivity contribution in [2.24, 2.45) is 0 Å². The highest BCUT2D eigenvalue weighted by molar-refractivity contribution is 5.90. The number of carboxylic acid groups (broad SMARTS) is 1. The highest BCUT2D eigenvalue weighted by atomic mass is 16.5. The summed E-state index contributed by atoms with van der Waals surface area (Å²) in [7, 11) is 0. The number of rotatable bonds is 7. The van der Waals surface area contributed by atoms with Gasteiger partial charge in [0.15, 0.2) is 0 Å². The van der Waals surface area contributed by atoms with Crippen molar-refractivity contribution in [3.63, 3.8) is 0 Å². The lowest BCUT2D eigenvalue weighted by Crippen LogP contribution is -2.07. The molecule has 0 atom stereocenters. The maximum atomic E-state index is 11.2. The van der Waals surface area contributed by atoms with Crippen LogP contribution in [0, 0.1) is 0 Å². The second-order valence-electron chi connectivity index (χ2n) is 4.84. The molecule has 0 fully saturated rings. The minimum Gasteiger partial charge on any atom is -0.477 e. The van der Waals surface area contributed by atoms with E-state index in [0.717, 1.165) is 30.5 Å². The molecular weight excluding hydrogens is 266 g/mol. The average Bonchev–Trinajstić information content (AvgIpc) is 2.51. The number of aryl methyl sites for hydroxylation is 1. The number of aromatic carboxylic acids is 1. The van der Waals surface area contributed by atoms with Gasteiger partial charge in [-0.05, 0) is 30.5 Å². The molecule has 0 bridgehead atoms. The molecular formula is C17H19NO3. The number of nitrogens with zero attached hydrogens (tertiary/aromatic N) is 1. The van der Waals surface area contributed by atoms with Crippen LogP contribution >= 0.6 is 0 Å². The Morgan fingerprint density at radius 3 is 2.62 bits per heavy atom. The lowest BCUT2D eigenvalue weighted by Gasteiger charge is -2.10. The predicted molar refractivity (Wildman–Crippen MR) is 80.6 cm³/mol. The Bertz CT molecular complexity index is 596. The van der Waals surface area contributed by atoms with Crippen molar-refractivity contribution in [3.8, 4) is 5.88 Å². The number of unbranched alkanes of at least 4 members (excludes halogenated alkanes) is 1. The third-order valence-electron chi connectivity index (χ3n) is 3.15. The van der Waals surface area contributed by atoms with Crippen molar-refractivity contribution < 1.29 is 14.6 Å². The Labute approximate surface area is 124 Å². The molecule has 2 aromatic rings. The van der Waals surface area contributed by atoms with Gasteiger partial charge in [-0.3, -0.25) is 0 Å². The molecule has 0 aliphatic rings. The Balaban J connectivity index is 2.16. The quantitative estimate of drug-likeness (QED) is 0.842. The highest BCUT2D eigenvalue weighted by Crippen LogP contribution is 2.19. The molecule has 0 aliphatic heterocycles. The van der Waals surface area contributed by atoms with Crippen LogP contribution < -0.4 is 4.74 Å². The van der Waals surface area contributed by atoms with Gasteiger partial charge in [0.25, 0.3) is 0 Å². The van der Waals surface area contributed by atoms with Crippen LogP contribution in [-0.4, -0.2) is 16.1 Å². The number of ether oxygens (including phenoxy) is 1. The summed E-state index contributed by atoms with van der Waals surface area (Å²) in [6.07, 6.45) is 2.93. The number of hydrogen-bond donors (Lipinski definition) is 1. The smallest absolute Gasteiger partial charge is 0.341 e. The normalized spacial score (nSPS) is 10.3. The predicted octanol–water partition coefficient (Wildman–Crippen LogP) is 3.70. The van der Waals surface area contributed by atoms with E-state index in [9.17, 15) is 9.90 Å². The third-order valence-corrected chi connectivity index (χ3v) is 3.15. The molecule has 1 N–H and O–H groups in total. The van der Waals surface area contributed by atoms with Gasteiger partial charge in [-0.25, -0.2) is 9.78 Å². The SMILES string of the molecule is CCCCc1ccc(C(=O)O)c(OCc2ccccc2)n1. The first kappa shape index (κ1) is 15.0. The van der Waals surface area contributed by atoms with E-state index in [-0.39, 0.29) is 11.4 Å². The minimum absolute atomic E-state index is 0.103. The lowest BCUT2D eigenvalue weighted by atomic mass is 10.1. The summed E-state index contributed by atoms with van der Waals surface area (Å²) in [5.74, 6) is -0.826. The Hall–Kier alpha value is -2.36. The Kier molecular flexibility index (Phi) is 5.32. The van der Waals surface area contributed by atoms with E-state index in [1.807, 2.05) is 30.3 Å². The van der Waals surface area contributed by atoms with E-state index in [1.54, 1.807) is 12.1 Å². The van der Waals surface area contributed by atoms with Crippen molar-refractivity contribution >= 4 is 5.97 Å². The molecule has 1 aromatic heterocycles. The second kappa shape index (κ2) is 7.43. The molecule has 0 amide bonds. The van der Waals surface area contributed by atoms with Gasteiger partial charge in [0, 0.05) is 5.69 Å². The molecule has 2 rings (SSSR count). The van der Waals surface area contributed by atoms with Crippen LogP contribution in [0.3, 0.4) is 0 Å². The number of carbonyl (C=O) groups is 1.